The minimum absolute atomic E-state index is 0.00663. The number of nitrogens with zero attached hydrogens (tertiary/aromatic N) is 1. The highest BCUT2D eigenvalue weighted by Gasteiger charge is 2.54. The molecule has 0 aromatic carbocycles. The molecule has 15 atom stereocenters. The van der Waals surface area contributed by atoms with Gasteiger partial charge in [-0.15, -0.1) is 0 Å². The summed E-state index contributed by atoms with van der Waals surface area (Å²) in [6.45, 7) is 14.8. The molecule has 3 aliphatic rings. The van der Waals surface area contributed by atoms with Crippen LogP contribution in [0, 0.1) is 0 Å². The van der Waals surface area contributed by atoms with Crippen LogP contribution in [0.1, 0.15) is 160 Å². The summed E-state index contributed by atoms with van der Waals surface area (Å²) < 4.78 is 84.5. The van der Waals surface area contributed by atoms with Crippen LogP contribution < -0.4 is 31.9 Å². The van der Waals surface area contributed by atoms with Gasteiger partial charge in [-0.3, -0.25) is 71.9 Å². The maximum Gasteiger partial charge on any atom is 0.303 e. The topological polar surface area (TPSA) is 470 Å². The van der Waals surface area contributed by atoms with E-state index < -0.39 is 183 Å². The molecule has 6 amide bonds. The first-order chi connectivity index (χ1) is 48.8. The monoisotopic (exact) mass is 1480 g/mol. The smallest absolute Gasteiger partial charge is 0.303 e. The van der Waals surface area contributed by atoms with Gasteiger partial charge in [0, 0.05) is 148 Å². The summed E-state index contributed by atoms with van der Waals surface area (Å²) in [5.41, 5.74) is 0. The summed E-state index contributed by atoms with van der Waals surface area (Å²) >= 11 is 0. The molecule has 3 fully saturated rings. The van der Waals surface area contributed by atoms with Crippen molar-refractivity contribution < 1.29 is 143 Å². The third-order valence-corrected chi connectivity index (χ3v) is 15.4. The lowest BCUT2D eigenvalue weighted by Crippen LogP contribution is -2.66. The Morgan fingerprint density at radius 1 is 0.320 bits per heavy atom. The zero-order valence-electron chi connectivity index (χ0n) is 60.8. The SMILES string of the molecule is CC(=O)NC1C(OC(C)=O)[C@@H](OC(C)=O)C(COC(C)=O)O[C@H]1OCCCCC(=O)NCCCN(CCCNCCCNC(=O)CCCCO[C@@H]1OC(COC(C)=O)[C@H](OC(C)=O)C(OC(C)=O)[C@@H]1NC(C)=O)C(=O)CCCCO[C@@H]1OC(COC(C)=O)[C@H](OC(C)=O)C(OC(C)=O)C1NC(C)=O. The van der Waals surface area contributed by atoms with Crippen LogP contribution in [-0.2, 0) is 143 Å². The number of rotatable bonds is 45. The molecule has 37 heteroatoms. The normalized spacial score (nSPS) is 24.2. The maximum atomic E-state index is 13.9. The molecular formula is C66H105N7O30. The van der Waals surface area contributed by atoms with Crippen molar-refractivity contribution in [2.45, 2.75) is 252 Å². The van der Waals surface area contributed by atoms with Crippen molar-refractivity contribution in [2.24, 2.45) is 0 Å². The van der Waals surface area contributed by atoms with Crippen LogP contribution in [0.5, 0.6) is 0 Å². The molecule has 0 spiro atoms. The number of carbonyl (C=O) groups is 15. The number of hydrogen-bond acceptors (Lipinski definition) is 31. The lowest BCUT2D eigenvalue weighted by atomic mass is 9.96. The van der Waals surface area contributed by atoms with Gasteiger partial charge in [-0.05, 0) is 70.9 Å². The highest BCUT2D eigenvalue weighted by molar-refractivity contribution is 5.78. The largest absolute Gasteiger partial charge is 0.463 e. The Hall–Kier alpha value is -8.23. The first-order valence-corrected chi connectivity index (χ1v) is 34.3. The van der Waals surface area contributed by atoms with Gasteiger partial charge in [0.2, 0.25) is 35.4 Å². The quantitative estimate of drug-likeness (QED) is 0.0250. The van der Waals surface area contributed by atoms with E-state index >= 15 is 0 Å². The van der Waals surface area contributed by atoms with Crippen molar-refractivity contribution in [1.29, 1.82) is 0 Å². The highest BCUT2D eigenvalue weighted by Crippen LogP contribution is 2.32. The van der Waals surface area contributed by atoms with Gasteiger partial charge in [0.05, 0.1) is 0 Å². The summed E-state index contributed by atoms with van der Waals surface area (Å²) in [6.07, 6.45) is -11.3. The van der Waals surface area contributed by atoms with E-state index in [1.165, 1.54) is 27.7 Å². The second-order valence-electron chi connectivity index (χ2n) is 24.5. The van der Waals surface area contributed by atoms with Crippen LogP contribution in [0.3, 0.4) is 0 Å². The Morgan fingerprint density at radius 2 is 0.602 bits per heavy atom. The van der Waals surface area contributed by atoms with E-state index in [4.69, 9.17) is 71.1 Å². The molecule has 0 aromatic heterocycles. The highest BCUT2D eigenvalue weighted by atomic mass is 16.7. The fraction of sp³-hybridized carbons (Fsp3) is 0.773. The lowest BCUT2D eigenvalue weighted by Gasteiger charge is -2.44. The predicted molar refractivity (Wildman–Crippen MR) is 351 cm³/mol. The van der Waals surface area contributed by atoms with E-state index in [2.05, 4.69) is 31.9 Å². The molecule has 103 heavy (non-hydrogen) atoms. The first kappa shape index (κ1) is 89.0. The number of ether oxygens (including phenoxy) is 15. The number of carbonyl (C=O) groups excluding carboxylic acids is 15. The van der Waals surface area contributed by atoms with Crippen LogP contribution in [0.2, 0.25) is 0 Å². The van der Waals surface area contributed by atoms with Crippen molar-refractivity contribution in [3.05, 3.63) is 0 Å². The Bertz CT molecular complexity index is 2810. The third kappa shape index (κ3) is 35.7. The molecule has 0 radical (unpaired) electrons. The van der Waals surface area contributed by atoms with Crippen LogP contribution >= 0.6 is 0 Å². The second kappa shape index (κ2) is 47.9. The Morgan fingerprint density at radius 3 is 0.903 bits per heavy atom. The average Bonchev–Trinajstić information content (AvgIpc) is 0.802. The van der Waals surface area contributed by atoms with Crippen LogP contribution in [0.15, 0.2) is 0 Å². The van der Waals surface area contributed by atoms with Crippen LogP contribution in [0.4, 0.5) is 0 Å². The second-order valence-corrected chi connectivity index (χ2v) is 24.5. The zero-order valence-corrected chi connectivity index (χ0v) is 60.8. The molecule has 3 rings (SSSR count). The molecule has 3 heterocycles. The van der Waals surface area contributed by atoms with Crippen molar-refractivity contribution in [2.75, 3.05) is 78.9 Å². The van der Waals surface area contributed by atoms with Gasteiger partial charge in [-0.2, -0.15) is 0 Å². The molecule has 8 unspecified atom stereocenters. The van der Waals surface area contributed by atoms with E-state index in [0.29, 0.717) is 84.0 Å². The van der Waals surface area contributed by atoms with E-state index in [9.17, 15) is 71.9 Å². The Kier molecular flexibility index (Phi) is 41.4. The maximum absolute atomic E-state index is 13.9. The Balaban J connectivity index is 1.59. The summed E-state index contributed by atoms with van der Waals surface area (Å²) in [5.74, 6) is -8.91. The van der Waals surface area contributed by atoms with Gasteiger partial charge >= 0.3 is 53.7 Å². The molecule has 6 N–H and O–H groups in total. The third-order valence-electron chi connectivity index (χ3n) is 15.4. The molecule has 3 saturated heterocycles. The fourth-order valence-electron chi connectivity index (χ4n) is 11.2. The minimum atomic E-state index is -1.33. The van der Waals surface area contributed by atoms with E-state index in [1.807, 2.05) is 0 Å². The van der Waals surface area contributed by atoms with E-state index in [0.717, 1.165) is 55.4 Å². The molecule has 0 aromatic rings. The minimum Gasteiger partial charge on any atom is -0.463 e. The zero-order chi connectivity index (χ0) is 76.7. The number of unbranched alkanes of at least 4 members (excludes halogenated alkanes) is 3. The van der Waals surface area contributed by atoms with Gasteiger partial charge < -0.3 is 108 Å². The molecular weight excluding hydrogens is 1370 g/mol. The van der Waals surface area contributed by atoms with Gasteiger partial charge in [0.1, 0.15) is 56.3 Å². The van der Waals surface area contributed by atoms with Crippen molar-refractivity contribution >= 4 is 89.2 Å². The Labute approximate surface area is 598 Å². The number of nitrogens with one attached hydrogen (secondary N) is 6. The molecule has 0 bridgehead atoms. The van der Waals surface area contributed by atoms with Gasteiger partial charge in [0.15, 0.2) is 55.5 Å². The molecule has 0 saturated carbocycles. The van der Waals surface area contributed by atoms with Gasteiger partial charge in [0.25, 0.3) is 0 Å². The number of hydrogen-bond donors (Lipinski definition) is 6. The molecule has 37 nitrogen and oxygen atoms in total. The van der Waals surface area contributed by atoms with E-state index in [1.54, 1.807) is 4.90 Å². The lowest BCUT2D eigenvalue weighted by molar-refractivity contribution is -0.277. The molecule has 584 valence electrons. The van der Waals surface area contributed by atoms with E-state index in [-0.39, 0.29) is 69.9 Å². The van der Waals surface area contributed by atoms with Crippen LogP contribution in [0.25, 0.3) is 0 Å². The predicted octanol–water partition coefficient (Wildman–Crippen LogP) is -0.664. The van der Waals surface area contributed by atoms with Crippen molar-refractivity contribution in [1.82, 2.24) is 36.8 Å². The average molecular weight is 1480 g/mol. The molecule has 3 aliphatic heterocycles. The molecule has 0 aliphatic carbocycles. The summed E-state index contributed by atoms with van der Waals surface area (Å²) in [5, 5.41) is 17.0. The standard InChI is InChI=1S/C66H105N7O30/c1-37(74)70-55-61(98-46(10)83)58(95-43(7)80)49(34-92-40(4)77)101-64(55)89-31-16-13-22-52(86)68-27-19-25-67-26-20-29-73(54(88)24-15-18-33-91-66-57(72-39(3)76)63(100-48(12)85)60(97-45(9)82)51(103-66)36-94-42(6)79)30-21-28-69-53(87)23-14-17-32-90-65-56(71-38(2)75)62(99-47(11)84)59(96-44(8)81)50(102-65)35-93-41(5)78/h49-51,55-67H,13-36H2,1-12H3,(H,68,86)(H,69,87)(H,70,74)(H,71,75)(H,72,76)/t49?,50?,51?,55-,56?,57?,58-,59-,60-,61?,62?,63?,64+,65+,66+/m0/s1. The van der Waals surface area contributed by atoms with Gasteiger partial charge in [-0.25, -0.2) is 0 Å². The van der Waals surface area contributed by atoms with Crippen molar-refractivity contribution in [3.63, 3.8) is 0 Å². The first-order valence-electron chi connectivity index (χ1n) is 34.3. The summed E-state index contributed by atoms with van der Waals surface area (Å²) in [7, 11) is 0. The summed E-state index contributed by atoms with van der Waals surface area (Å²) in [6, 6.07) is -3.49. The fourth-order valence-corrected chi connectivity index (χ4v) is 11.2. The number of esters is 9. The summed E-state index contributed by atoms with van der Waals surface area (Å²) in [4.78, 5) is 187. The van der Waals surface area contributed by atoms with Crippen LogP contribution in [-0.4, -0.2) is 265 Å². The van der Waals surface area contributed by atoms with Gasteiger partial charge in [-0.1, -0.05) is 0 Å². The number of amides is 6. The van der Waals surface area contributed by atoms with Crippen molar-refractivity contribution in [3.8, 4) is 0 Å².